The van der Waals surface area contributed by atoms with Crippen molar-refractivity contribution in [1.29, 1.82) is 0 Å². The number of furan rings is 1. The molecule has 0 aliphatic rings. The lowest BCUT2D eigenvalue weighted by Gasteiger charge is -2.16. The lowest BCUT2D eigenvalue weighted by Crippen LogP contribution is -2.26. The van der Waals surface area contributed by atoms with Crippen molar-refractivity contribution in [3.63, 3.8) is 0 Å². The molecule has 6 nitrogen and oxygen atoms in total. The molecule has 3 rings (SSSR count). The van der Waals surface area contributed by atoms with Crippen LogP contribution in [0.2, 0.25) is 0 Å². The van der Waals surface area contributed by atoms with E-state index >= 15 is 0 Å². The van der Waals surface area contributed by atoms with Crippen LogP contribution in [0.3, 0.4) is 0 Å². The van der Waals surface area contributed by atoms with E-state index < -0.39 is 10.0 Å². The molecule has 140 valence electrons. The Morgan fingerprint density at radius 3 is 2.33 bits per heavy atom. The van der Waals surface area contributed by atoms with Crippen LogP contribution in [-0.2, 0) is 16.6 Å². The van der Waals surface area contributed by atoms with Gasteiger partial charge in [0.05, 0.1) is 17.7 Å². The number of benzene rings is 2. The zero-order chi connectivity index (χ0) is 19.4. The summed E-state index contributed by atoms with van der Waals surface area (Å²) in [6.07, 6.45) is 1.49. The van der Waals surface area contributed by atoms with Crippen LogP contribution < -0.4 is 5.32 Å². The summed E-state index contributed by atoms with van der Waals surface area (Å²) in [7, 11) is -2.21. The third-order valence-corrected chi connectivity index (χ3v) is 6.23. The van der Waals surface area contributed by atoms with Gasteiger partial charge in [-0.1, -0.05) is 15.9 Å². The fourth-order valence-electron chi connectivity index (χ4n) is 2.40. The topological polar surface area (TPSA) is 79.6 Å². The van der Waals surface area contributed by atoms with E-state index in [1.807, 2.05) is 12.1 Å². The van der Waals surface area contributed by atoms with Crippen molar-refractivity contribution >= 4 is 37.5 Å². The summed E-state index contributed by atoms with van der Waals surface area (Å²) in [5, 5.41) is 2.76. The molecule has 0 spiro atoms. The molecule has 1 N–H and O–H groups in total. The van der Waals surface area contributed by atoms with Gasteiger partial charge in [-0.15, -0.1) is 0 Å². The van der Waals surface area contributed by atoms with Gasteiger partial charge in [0.2, 0.25) is 10.0 Å². The first-order chi connectivity index (χ1) is 12.9. The normalized spacial score (nSPS) is 11.5. The first-order valence-electron chi connectivity index (χ1n) is 8.02. The van der Waals surface area contributed by atoms with Crippen molar-refractivity contribution in [1.82, 2.24) is 4.31 Å². The van der Waals surface area contributed by atoms with Crippen LogP contribution in [-0.4, -0.2) is 25.7 Å². The monoisotopic (exact) mass is 448 g/mol. The Hall–Kier alpha value is -2.42. The third-order valence-electron chi connectivity index (χ3n) is 3.89. The van der Waals surface area contributed by atoms with Crippen LogP contribution in [0.15, 0.2) is 80.7 Å². The molecule has 0 bridgehead atoms. The van der Waals surface area contributed by atoms with Gasteiger partial charge in [-0.05, 0) is 60.7 Å². The van der Waals surface area contributed by atoms with E-state index in [9.17, 15) is 13.2 Å². The Bertz CT molecular complexity index is 1010. The molecule has 0 radical (unpaired) electrons. The fourth-order valence-corrected chi connectivity index (χ4v) is 3.80. The van der Waals surface area contributed by atoms with Crippen molar-refractivity contribution in [2.75, 3.05) is 12.4 Å². The van der Waals surface area contributed by atoms with Crippen LogP contribution in [0.1, 0.15) is 16.1 Å². The number of anilines is 1. The Kier molecular flexibility index (Phi) is 5.79. The maximum atomic E-state index is 12.6. The summed E-state index contributed by atoms with van der Waals surface area (Å²) < 4.78 is 32.6. The number of nitrogens with one attached hydrogen (secondary N) is 1. The van der Waals surface area contributed by atoms with E-state index in [-0.39, 0.29) is 17.3 Å². The largest absolute Gasteiger partial charge is 0.468 e. The molecule has 3 aromatic rings. The lowest BCUT2D eigenvalue weighted by molar-refractivity contribution is 0.102. The minimum atomic E-state index is -3.68. The van der Waals surface area contributed by atoms with Gasteiger partial charge in [-0.25, -0.2) is 8.42 Å². The Labute approximate surface area is 166 Å². The fraction of sp³-hybridized carbons (Fsp3) is 0.105. The number of sulfonamides is 1. The van der Waals surface area contributed by atoms with Gasteiger partial charge in [0, 0.05) is 22.8 Å². The predicted molar refractivity (Wildman–Crippen MR) is 106 cm³/mol. The van der Waals surface area contributed by atoms with Crippen molar-refractivity contribution in [3.05, 3.63) is 82.7 Å². The molecule has 8 heteroatoms. The number of halogens is 1. The van der Waals surface area contributed by atoms with Gasteiger partial charge in [-0.2, -0.15) is 4.31 Å². The molecule has 1 aromatic heterocycles. The van der Waals surface area contributed by atoms with Crippen LogP contribution in [0.25, 0.3) is 0 Å². The van der Waals surface area contributed by atoms with E-state index in [1.165, 1.54) is 41.9 Å². The number of hydrogen-bond acceptors (Lipinski definition) is 4. The molecule has 0 unspecified atom stereocenters. The zero-order valence-electron chi connectivity index (χ0n) is 14.4. The molecule has 0 aliphatic carbocycles. The highest BCUT2D eigenvalue weighted by Gasteiger charge is 2.22. The Balaban J connectivity index is 1.71. The summed E-state index contributed by atoms with van der Waals surface area (Å²) in [5.74, 6) is 0.233. The Morgan fingerprint density at radius 1 is 1.07 bits per heavy atom. The maximum absolute atomic E-state index is 12.6. The maximum Gasteiger partial charge on any atom is 0.255 e. The number of rotatable bonds is 6. The Morgan fingerprint density at radius 2 is 1.74 bits per heavy atom. The quantitative estimate of drug-likeness (QED) is 0.614. The standard InChI is InChI=1S/C19H17BrN2O4S/c1-22(13-17-3-2-12-26-17)27(24,25)18-10-4-14(5-11-18)19(23)21-16-8-6-15(20)7-9-16/h2-12H,13H2,1H3,(H,21,23). The number of nitrogens with zero attached hydrogens (tertiary/aromatic N) is 1. The molecule has 2 aromatic carbocycles. The molecule has 1 heterocycles. The zero-order valence-corrected chi connectivity index (χ0v) is 16.8. The third kappa shape index (κ3) is 4.65. The van der Waals surface area contributed by atoms with Crippen molar-refractivity contribution in [2.45, 2.75) is 11.4 Å². The molecule has 0 saturated carbocycles. The number of hydrogen-bond donors (Lipinski definition) is 1. The predicted octanol–water partition coefficient (Wildman–Crippen LogP) is 4.12. The number of carbonyl (C=O) groups excluding carboxylic acids is 1. The molecule has 0 aliphatic heterocycles. The smallest absolute Gasteiger partial charge is 0.255 e. The van der Waals surface area contributed by atoms with Crippen molar-refractivity contribution in [3.8, 4) is 0 Å². The van der Waals surface area contributed by atoms with Crippen molar-refractivity contribution < 1.29 is 17.6 Å². The summed E-state index contributed by atoms with van der Waals surface area (Å²) in [6, 6.07) is 16.4. The second-order valence-electron chi connectivity index (χ2n) is 5.83. The van der Waals surface area contributed by atoms with E-state index in [4.69, 9.17) is 4.42 Å². The van der Waals surface area contributed by atoms with Gasteiger partial charge in [0.15, 0.2) is 0 Å². The van der Waals surface area contributed by atoms with E-state index in [0.717, 1.165) is 4.47 Å². The van der Waals surface area contributed by atoms with Crippen LogP contribution in [0.4, 0.5) is 5.69 Å². The molecule has 1 amide bonds. The van der Waals surface area contributed by atoms with Gasteiger partial charge in [-0.3, -0.25) is 4.79 Å². The van der Waals surface area contributed by atoms with E-state index in [2.05, 4.69) is 21.2 Å². The van der Waals surface area contributed by atoms with Crippen molar-refractivity contribution in [2.24, 2.45) is 0 Å². The lowest BCUT2D eigenvalue weighted by atomic mass is 10.2. The summed E-state index contributed by atoms with van der Waals surface area (Å²) in [6.45, 7) is 0.126. The van der Waals surface area contributed by atoms with Gasteiger partial charge < -0.3 is 9.73 Å². The summed E-state index contributed by atoms with van der Waals surface area (Å²) in [4.78, 5) is 12.4. The van der Waals surface area contributed by atoms with Gasteiger partial charge in [0.25, 0.3) is 5.91 Å². The number of amides is 1. The first kappa shape index (κ1) is 19.3. The van der Waals surface area contributed by atoms with E-state index in [0.29, 0.717) is 17.0 Å². The molecule has 0 saturated heterocycles. The minimum Gasteiger partial charge on any atom is -0.468 e. The molecule has 0 fully saturated rings. The highest BCUT2D eigenvalue weighted by molar-refractivity contribution is 9.10. The van der Waals surface area contributed by atoms with Crippen LogP contribution >= 0.6 is 15.9 Å². The minimum absolute atomic E-state index is 0.108. The summed E-state index contributed by atoms with van der Waals surface area (Å²) >= 11 is 3.33. The molecule has 0 atom stereocenters. The highest BCUT2D eigenvalue weighted by atomic mass is 79.9. The summed E-state index contributed by atoms with van der Waals surface area (Å²) in [5.41, 5.74) is 1.02. The van der Waals surface area contributed by atoms with Crippen LogP contribution in [0.5, 0.6) is 0 Å². The average molecular weight is 449 g/mol. The van der Waals surface area contributed by atoms with Gasteiger partial charge in [0.1, 0.15) is 5.76 Å². The second kappa shape index (κ2) is 8.08. The van der Waals surface area contributed by atoms with E-state index in [1.54, 1.807) is 24.3 Å². The van der Waals surface area contributed by atoms with Gasteiger partial charge >= 0.3 is 0 Å². The highest BCUT2D eigenvalue weighted by Crippen LogP contribution is 2.19. The van der Waals surface area contributed by atoms with Crippen LogP contribution in [0, 0.1) is 0 Å². The molecular formula is C19H17BrN2O4S. The second-order valence-corrected chi connectivity index (χ2v) is 8.79. The molecular weight excluding hydrogens is 432 g/mol. The molecule has 27 heavy (non-hydrogen) atoms. The SMILES string of the molecule is CN(Cc1ccco1)S(=O)(=O)c1ccc(C(=O)Nc2ccc(Br)cc2)cc1. The number of carbonyl (C=O) groups is 1. The average Bonchev–Trinajstić information content (AvgIpc) is 3.16. The first-order valence-corrected chi connectivity index (χ1v) is 10.3.